The lowest BCUT2D eigenvalue weighted by Crippen LogP contribution is -2.25. The molecule has 0 atom stereocenters. The van der Waals surface area contributed by atoms with Gasteiger partial charge in [-0.3, -0.25) is 4.79 Å². The molecule has 6 nitrogen and oxygen atoms in total. The minimum absolute atomic E-state index is 0. The molecule has 0 bridgehead atoms. The van der Waals surface area contributed by atoms with Crippen LogP contribution in [0.15, 0.2) is 18.2 Å². The van der Waals surface area contributed by atoms with Crippen molar-refractivity contribution >= 4 is 39.5 Å². The van der Waals surface area contributed by atoms with Gasteiger partial charge in [0.2, 0.25) is 5.91 Å². The molecule has 8 heteroatoms. The van der Waals surface area contributed by atoms with Crippen molar-refractivity contribution in [2.45, 2.75) is 26.2 Å². The average molecular weight is 351 g/mol. The van der Waals surface area contributed by atoms with Gasteiger partial charge in [-0.15, -0.1) is 12.4 Å². The van der Waals surface area contributed by atoms with E-state index in [4.69, 9.17) is 10.5 Å². The van der Waals surface area contributed by atoms with Crippen LogP contribution in [0.3, 0.4) is 0 Å². The van der Waals surface area contributed by atoms with E-state index in [9.17, 15) is 13.2 Å². The van der Waals surface area contributed by atoms with E-state index in [1.165, 1.54) is 7.11 Å². The fraction of sp³-hybridized carbons (Fsp3) is 0.500. The maximum atomic E-state index is 11.8. The van der Waals surface area contributed by atoms with E-state index in [0.29, 0.717) is 23.5 Å². The summed E-state index contributed by atoms with van der Waals surface area (Å²) in [5.74, 6) is -0.563. The molecule has 0 spiro atoms. The first-order chi connectivity index (χ1) is 9.88. The first kappa shape index (κ1) is 20.5. The van der Waals surface area contributed by atoms with E-state index in [1.54, 1.807) is 18.2 Å². The predicted molar refractivity (Wildman–Crippen MR) is 91.5 cm³/mol. The van der Waals surface area contributed by atoms with E-state index in [2.05, 4.69) is 5.32 Å². The summed E-state index contributed by atoms with van der Waals surface area (Å²) in [6.07, 6.45) is 2.35. The first-order valence-corrected chi connectivity index (χ1v) is 8.64. The largest absolute Gasteiger partial charge is 0.497 e. The van der Waals surface area contributed by atoms with Crippen LogP contribution in [-0.4, -0.2) is 32.9 Å². The number of ether oxygens (including phenoxy) is 1. The summed E-state index contributed by atoms with van der Waals surface area (Å²) in [5, 5.41) is 2.51. The predicted octanol–water partition coefficient (Wildman–Crippen LogP) is 2.24. The molecule has 1 aromatic carbocycles. The van der Waals surface area contributed by atoms with E-state index >= 15 is 0 Å². The van der Waals surface area contributed by atoms with Crippen LogP contribution in [0, 0.1) is 0 Å². The van der Waals surface area contributed by atoms with Crippen molar-refractivity contribution in [3.63, 3.8) is 0 Å². The molecule has 126 valence electrons. The number of nitrogens with one attached hydrogen (secondary N) is 1. The van der Waals surface area contributed by atoms with Crippen molar-refractivity contribution in [3.8, 4) is 5.75 Å². The maximum Gasteiger partial charge on any atom is 0.239 e. The van der Waals surface area contributed by atoms with E-state index in [1.807, 2.05) is 6.92 Å². The Morgan fingerprint density at radius 2 is 2.00 bits per heavy atom. The van der Waals surface area contributed by atoms with Crippen molar-refractivity contribution in [3.05, 3.63) is 18.2 Å². The van der Waals surface area contributed by atoms with Crippen molar-refractivity contribution in [1.29, 1.82) is 0 Å². The molecular formula is C14H23ClN2O4S. The van der Waals surface area contributed by atoms with Gasteiger partial charge in [0.1, 0.15) is 11.5 Å². The number of nitrogens with two attached hydrogens (primary N) is 1. The number of hydrogen-bond donors (Lipinski definition) is 2. The average Bonchev–Trinajstić information content (AvgIpc) is 2.40. The van der Waals surface area contributed by atoms with Crippen LogP contribution in [0.1, 0.15) is 26.2 Å². The smallest absolute Gasteiger partial charge is 0.239 e. The Balaban J connectivity index is 0.00000441. The number of carbonyl (C=O) groups excluding carboxylic acids is 1. The second-order valence-corrected chi connectivity index (χ2v) is 6.98. The summed E-state index contributed by atoms with van der Waals surface area (Å²) in [7, 11) is -1.89. The number of nitrogen functional groups attached to an aromatic ring is 1. The van der Waals surface area contributed by atoms with Gasteiger partial charge in [0.25, 0.3) is 0 Å². The van der Waals surface area contributed by atoms with Crippen molar-refractivity contribution in [2.24, 2.45) is 0 Å². The summed E-state index contributed by atoms with van der Waals surface area (Å²) in [5.41, 5.74) is 6.44. The highest BCUT2D eigenvalue weighted by Crippen LogP contribution is 2.24. The number of carbonyl (C=O) groups is 1. The summed E-state index contributed by atoms with van der Waals surface area (Å²) in [6.45, 7) is 1.99. The number of hydrogen-bond acceptors (Lipinski definition) is 5. The molecule has 0 saturated carbocycles. The molecule has 0 saturated heterocycles. The zero-order chi connectivity index (χ0) is 15.9. The van der Waals surface area contributed by atoms with Crippen LogP contribution in [0.2, 0.25) is 0 Å². The number of methoxy groups -OCH3 is 1. The van der Waals surface area contributed by atoms with Crippen molar-refractivity contribution in [2.75, 3.05) is 29.7 Å². The van der Waals surface area contributed by atoms with Crippen molar-refractivity contribution in [1.82, 2.24) is 0 Å². The standard InChI is InChI=1S/C14H22N2O4S.ClH/c1-3-4-5-8-21(18,19)10-14(17)16-13-9-11(20-2)6-7-12(13)15;/h6-7,9H,3-5,8,10,15H2,1-2H3,(H,16,17);1H. The number of rotatable bonds is 8. The van der Waals surface area contributed by atoms with Gasteiger partial charge in [0, 0.05) is 6.07 Å². The summed E-state index contributed by atoms with van der Waals surface area (Å²) < 4.78 is 28.6. The highest BCUT2D eigenvalue weighted by atomic mass is 35.5. The molecule has 3 N–H and O–H groups in total. The Labute approximate surface area is 137 Å². The monoisotopic (exact) mass is 350 g/mol. The zero-order valence-electron chi connectivity index (χ0n) is 12.8. The summed E-state index contributed by atoms with van der Waals surface area (Å²) in [4.78, 5) is 11.8. The normalized spacial score (nSPS) is 10.6. The van der Waals surface area contributed by atoms with Crippen LogP contribution in [0.5, 0.6) is 5.75 Å². The van der Waals surface area contributed by atoms with Gasteiger partial charge in [0.15, 0.2) is 9.84 Å². The molecular weight excluding hydrogens is 328 g/mol. The summed E-state index contributed by atoms with van der Waals surface area (Å²) >= 11 is 0. The second kappa shape index (κ2) is 9.53. The number of anilines is 2. The third-order valence-electron chi connectivity index (χ3n) is 2.94. The highest BCUT2D eigenvalue weighted by molar-refractivity contribution is 7.92. The highest BCUT2D eigenvalue weighted by Gasteiger charge is 2.17. The molecule has 1 amide bonds. The SMILES string of the molecule is CCCCCS(=O)(=O)CC(=O)Nc1cc(OC)ccc1N.Cl. The van der Waals surface area contributed by atoms with Crippen LogP contribution in [0.25, 0.3) is 0 Å². The number of benzene rings is 1. The Morgan fingerprint density at radius 1 is 1.32 bits per heavy atom. The number of unbranched alkanes of at least 4 members (excludes halogenated alkanes) is 2. The maximum absolute atomic E-state index is 11.8. The van der Waals surface area contributed by atoms with Crippen molar-refractivity contribution < 1.29 is 17.9 Å². The number of sulfone groups is 1. The van der Waals surface area contributed by atoms with E-state index in [-0.39, 0.29) is 18.2 Å². The topological polar surface area (TPSA) is 98.5 Å². The first-order valence-electron chi connectivity index (χ1n) is 6.81. The van der Waals surface area contributed by atoms with Crippen LogP contribution < -0.4 is 15.8 Å². The van der Waals surface area contributed by atoms with Gasteiger partial charge in [0.05, 0.1) is 24.2 Å². The molecule has 0 unspecified atom stereocenters. The fourth-order valence-corrected chi connectivity index (χ4v) is 3.06. The van der Waals surface area contributed by atoms with Gasteiger partial charge >= 0.3 is 0 Å². The Hall–Kier alpha value is -1.47. The Bertz CT molecular complexity index is 591. The molecule has 1 rings (SSSR count). The zero-order valence-corrected chi connectivity index (χ0v) is 14.4. The Kier molecular flexibility index (Phi) is 8.89. The molecule has 0 aliphatic heterocycles. The molecule has 0 heterocycles. The molecule has 0 radical (unpaired) electrons. The fourth-order valence-electron chi connectivity index (χ4n) is 1.80. The number of halogens is 1. The lowest BCUT2D eigenvalue weighted by molar-refractivity contribution is -0.113. The van der Waals surface area contributed by atoms with Gasteiger partial charge < -0.3 is 15.8 Å². The quantitative estimate of drug-likeness (QED) is 0.553. The van der Waals surface area contributed by atoms with E-state index < -0.39 is 21.5 Å². The lowest BCUT2D eigenvalue weighted by atomic mass is 10.2. The molecule has 0 fully saturated rings. The minimum Gasteiger partial charge on any atom is -0.497 e. The van der Waals surface area contributed by atoms with Crippen LogP contribution in [-0.2, 0) is 14.6 Å². The molecule has 22 heavy (non-hydrogen) atoms. The minimum atomic E-state index is -3.39. The molecule has 1 aromatic rings. The van der Waals surface area contributed by atoms with Gasteiger partial charge in [-0.1, -0.05) is 19.8 Å². The van der Waals surface area contributed by atoms with E-state index in [0.717, 1.165) is 12.8 Å². The van der Waals surface area contributed by atoms with Crippen LogP contribution in [0.4, 0.5) is 11.4 Å². The molecule has 0 aliphatic carbocycles. The van der Waals surface area contributed by atoms with Gasteiger partial charge in [-0.05, 0) is 18.6 Å². The summed E-state index contributed by atoms with van der Waals surface area (Å²) in [6, 6.07) is 4.80. The third-order valence-corrected chi connectivity index (χ3v) is 4.56. The van der Waals surface area contributed by atoms with Crippen LogP contribution >= 0.6 is 12.4 Å². The van der Waals surface area contributed by atoms with Gasteiger partial charge in [-0.25, -0.2) is 8.42 Å². The number of amides is 1. The molecule has 0 aromatic heterocycles. The molecule has 0 aliphatic rings. The second-order valence-electron chi connectivity index (χ2n) is 4.80. The third kappa shape index (κ3) is 7.00. The Morgan fingerprint density at radius 3 is 2.59 bits per heavy atom. The van der Waals surface area contributed by atoms with Gasteiger partial charge in [-0.2, -0.15) is 0 Å². The lowest BCUT2D eigenvalue weighted by Gasteiger charge is -2.10.